The van der Waals surface area contributed by atoms with Gasteiger partial charge in [0.05, 0.1) is 6.54 Å². The Bertz CT molecular complexity index is 633. The van der Waals surface area contributed by atoms with Crippen molar-refractivity contribution in [3.8, 4) is 11.4 Å². The lowest BCUT2D eigenvalue weighted by atomic mass is 9.78. The van der Waals surface area contributed by atoms with Crippen LogP contribution >= 0.6 is 12.4 Å². The molecule has 1 aromatic carbocycles. The van der Waals surface area contributed by atoms with Gasteiger partial charge in [-0.1, -0.05) is 41.9 Å². The smallest absolute Gasteiger partial charge is 0.241 e. The molecule has 0 bridgehead atoms. The average molecular weight is 335 g/mol. The summed E-state index contributed by atoms with van der Waals surface area (Å²) in [7, 11) is 0. The molecule has 2 aromatic rings. The van der Waals surface area contributed by atoms with E-state index in [4.69, 9.17) is 10.3 Å². The Morgan fingerprint density at radius 1 is 1.17 bits per heavy atom. The molecule has 3 atom stereocenters. The van der Waals surface area contributed by atoms with Crippen LogP contribution in [0.4, 0.5) is 0 Å². The molecule has 1 aliphatic carbocycles. The zero-order chi connectivity index (χ0) is 14.9. The highest BCUT2D eigenvalue weighted by atomic mass is 35.5. The summed E-state index contributed by atoms with van der Waals surface area (Å²) in [6, 6.07) is 10.3. The Kier molecular flexibility index (Phi) is 4.99. The standard InChI is InChI=1S/C17H22N4O.ClH/c18-15-8-4-7-13-9-21(10-14(13)15)11-16-19-17(20-22-16)12-5-2-1-3-6-12;/h1-3,5-6,13-15H,4,7-11,18H2;1H. The lowest BCUT2D eigenvalue weighted by molar-refractivity contribution is 0.252. The molecule has 4 rings (SSSR count). The van der Waals surface area contributed by atoms with Crippen molar-refractivity contribution in [1.29, 1.82) is 0 Å². The maximum atomic E-state index is 6.28. The molecule has 2 fully saturated rings. The average Bonchev–Trinajstić information content (AvgIpc) is 3.16. The maximum Gasteiger partial charge on any atom is 0.241 e. The number of halogens is 1. The second kappa shape index (κ2) is 6.99. The molecular weight excluding hydrogens is 312 g/mol. The fraction of sp³-hybridized carbons (Fsp3) is 0.529. The van der Waals surface area contributed by atoms with Crippen LogP contribution < -0.4 is 5.73 Å². The summed E-state index contributed by atoms with van der Waals surface area (Å²) in [5.74, 6) is 2.76. The lowest BCUT2D eigenvalue weighted by Crippen LogP contribution is -2.38. The zero-order valence-corrected chi connectivity index (χ0v) is 13.9. The first-order valence-corrected chi connectivity index (χ1v) is 8.15. The molecule has 0 radical (unpaired) electrons. The van der Waals surface area contributed by atoms with Crippen LogP contribution in [-0.2, 0) is 6.54 Å². The molecule has 1 saturated carbocycles. The molecule has 23 heavy (non-hydrogen) atoms. The van der Waals surface area contributed by atoms with Crippen molar-refractivity contribution in [2.24, 2.45) is 17.6 Å². The predicted molar refractivity (Wildman–Crippen MR) is 91.1 cm³/mol. The molecule has 3 unspecified atom stereocenters. The van der Waals surface area contributed by atoms with Crippen molar-refractivity contribution in [3.05, 3.63) is 36.2 Å². The Balaban J connectivity index is 0.00000156. The maximum absolute atomic E-state index is 6.28. The summed E-state index contributed by atoms with van der Waals surface area (Å²) in [4.78, 5) is 6.95. The van der Waals surface area contributed by atoms with E-state index in [2.05, 4.69) is 15.0 Å². The molecular formula is C17H23ClN4O. The van der Waals surface area contributed by atoms with E-state index in [0.29, 0.717) is 23.7 Å². The first-order chi connectivity index (χ1) is 10.8. The van der Waals surface area contributed by atoms with Crippen molar-refractivity contribution in [1.82, 2.24) is 15.0 Å². The van der Waals surface area contributed by atoms with Crippen molar-refractivity contribution in [2.75, 3.05) is 13.1 Å². The largest absolute Gasteiger partial charge is 0.338 e. The van der Waals surface area contributed by atoms with Gasteiger partial charge in [-0.3, -0.25) is 4.90 Å². The van der Waals surface area contributed by atoms with E-state index < -0.39 is 0 Å². The Hall–Kier alpha value is -1.43. The van der Waals surface area contributed by atoms with Gasteiger partial charge in [-0.15, -0.1) is 12.4 Å². The van der Waals surface area contributed by atoms with Gasteiger partial charge in [0.1, 0.15) is 0 Å². The first-order valence-electron chi connectivity index (χ1n) is 8.15. The monoisotopic (exact) mass is 334 g/mol. The van der Waals surface area contributed by atoms with Crippen LogP contribution in [0.1, 0.15) is 25.2 Å². The number of rotatable bonds is 3. The van der Waals surface area contributed by atoms with Crippen molar-refractivity contribution in [3.63, 3.8) is 0 Å². The number of fused-ring (bicyclic) bond motifs is 1. The van der Waals surface area contributed by atoms with Gasteiger partial charge in [-0.2, -0.15) is 4.98 Å². The topological polar surface area (TPSA) is 68.2 Å². The molecule has 0 spiro atoms. The number of likely N-dealkylation sites (tertiary alicyclic amines) is 1. The van der Waals surface area contributed by atoms with Gasteiger partial charge < -0.3 is 10.3 Å². The van der Waals surface area contributed by atoms with E-state index in [1.165, 1.54) is 19.3 Å². The highest BCUT2D eigenvalue weighted by Crippen LogP contribution is 2.36. The van der Waals surface area contributed by atoms with E-state index in [9.17, 15) is 0 Å². The van der Waals surface area contributed by atoms with Gasteiger partial charge in [0.15, 0.2) is 0 Å². The van der Waals surface area contributed by atoms with Gasteiger partial charge >= 0.3 is 0 Å². The predicted octanol–water partition coefficient (Wildman–Crippen LogP) is 2.72. The first kappa shape index (κ1) is 16.4. The van der Waals surface area contributed by atoms with Crippen LogP contribution in [-0.4, -0.2) is 34.2 Å². The van der Waals surface area contributed by atoms with E-state index in [-0.39, 0.29) is 12.4 Å². The summed E-state index contributed by atoms with van der Waals surface area (Å²) in [5.41, 5.74) is 7.27. The third-order valence-electron chi connectivity index (χ3n) is 5.09. The third-order valence-corrected chi connectivity index (χ3v) is 5.09. The Morgan fingerprint density at radius 3 is 2.78 bits per heavy atom. The molecule has 6 heteroatoms. The molecule has 124 valence electrons. The van der Waals surface area contributed by atoms with Crippen molar-refractivity contribution < 1.29 is 4.52 Å². The quantitative estimate of drug-likeness (QED) is 0.934. The third kappa shape index (κ3) is 3.42. The van der Waals surface area contributed by atoms with Gasteiger partial charge in [-0.25, -0.2) is 0 Å². The number of hydrogen-bond acceptors (Lipinski definition) is 5. The highest BCUT2D eigenvalue weighted by Gasteiger charge is 2.38. The van der Waals surface area contributed by atoms with Crippen LogP contribution in [0.2, 0.25) is 0 Å². The van der Waals surface area contributed by atoms with Crippen LogP contribution in [0.3, 0.4) is 0 Å². The molecule has 1 aliphatic heterocycles. The van der Waals surface area contributed by atoms with E-state index in [0.717, 1.165) is 31.1 Å². The van der Waals surface area contributed by atoms with Crippen LogP contribution in [0.15, 0.2) is 34.9 Å². The minimum absolute atomic E-state index is 0. The molecule has 0 amide bonds. The number of nitrogens with two attached hydrogens (primary N) is 1. The van der Waals surface area contributed by atoms with E-state index in [1.54, 1.807) is 0 Å². The fourth-order valence-corrected chi connectivity index (χ4v) is 3.95. The molecule has 2 aliphatic rings. The van der Waals surface area contributed by atoms with Gasteiger partial charge in [0, 0.05) is 24.7 Å². The highest BCUT2D eigenvalue weighted by molar-refractivity contribution is 5.85. The van der Waals surface area contributed by atoms with Crippen LogP contribution in [0.25, 0.3) is 11.4 Å². The van der Waals surface area contributed by atoms with Crippen LogP contribution in [0, 0.1) is 11.8 Å². The second-order valence-electron chi connectivity index (χ2n) is 6.59. The SMILES string of the molecule is Cl.NC1CCCC2CN(Cc3nc(-c4ccccc4)no3)CC12. The van der Waals surface area contributed by atoms with Crippen molar-refractivity contribution in [2.45, 2.75) is 31.8 Å². The lowest BCUT2D eigenvalue weighted by Gasteiger charge is -2.29. The minimum atomic E-state index is 0. The summed E-state index contributed by atoms with van der Waals surface area (Å²) >= 11 is 0. The fourth-order valence-electron chi connectivity index (χ4n) is 3.95. The summed E-state index contributed by atoms with van der Waals surface area (Å²) in [5, 5.41) is 4.10. The number of nitrogens with zero attached hydrogens (tertiary/aromatic N) is 3. The Labute approximate surface area is 142 Å². The molecule has 2 N–H and O–H groups in total. The molecule has 1 aromatic heterocycles. The summed E-state index contributed by atoms with van der Waals surface area (Å²) < 4.78 is 5.43. The normalized spacial score (nSPS) is 27.4. The molecule has 1 saturated heterocycles. The molecule has 5 nitrogen and oxygen atoms in total. The van der Waals surface area contributed by atoms with Gasteiger partial charge in [0.2, 0.25) is 11.7 Å². The zero-order valence-electron chi connectivity index (χ0n) is 13.1. The van der Waals surface area contributed by atoms with Gasteiger partial charge in [0.25, 0.3) is 0 Å². The number of hydrogen-bond donors (Lipinski definition) is 1. The number of aromatic nitrogens is 2. The van der Waals surface area contributed by atoms with E-state index >= 15 is 0 Å². The van der Waals surface area contributed by atoms with Crippen LogP contribution in [0.5, 0.6) is 0 Å². The summed E-state index contributed by atoms with van der Waals surface area (Å²) in [6.45, 7) is 2.91. The summed E-state index contributed by atoms with van der Waals surface area (Å²) in [6.07, 6.45) is 3.76. The second-order valence-corrected chi connectivity index (χ2v) is 6.59. The molecule has 2 heterocycles. The van der Waals surface area contributed by atoms with E-state index in [1.807, 2.05) is 30.3 Å². The number of benzene rings is 1. The van der Waals surface area contributed by atoms with Crippen molar-refractivity contribution >= 4 is 12.4 Å². The van der Waals surface area contributed by atoms with Gasteiger partial charge in [-0.05, 0) is 24.7 Å². The minimum Gasteiger partial charge on any atom is -0.338 e. The Morgan fingerprint density at radius 2 is 2.00 bits per heavy atom.